The van der Waals surface area contributed by atoms with Gasteiger partial charge < -0.3 is 10.5 Å². The van der Waals surface area contributed by atoms with Crippen LogP contribution in [0.25, 0.3) is 0 Å². The summed E-state index contributed by atoms with van der Waals surface area (Å²) in [4.78, 5) is 0. The number of ether oxygens (including phenoxy) is 1. The van der Waals surface area contributed by atoms with Gasteiger partial charge in [0.25, 0.3) is 0 Å². The molecule has 0 fully saturated rings. The maximum absolute atomic E-state index is 5.60. The summed E-state index contributed by atoms with van der Waals surface area (Å²) in [6, 6.07) is 7.37. The Morgan fingerprint density at radius 1 is 1.22 bits per heavy atom. The second-order valence-corrected chi connectivity index (χ2v) is 3.56. The van der Waals surface area contributed by atoms with Gasteiger partial charge in [-0.1, -0.05) is 0 Å². The van der Waals surface area contributed by atoms with Crippen LogP contribution in [0.3, 0.4) is 0 Å². The van der Waals surface area contributed by atoms with E-state index in [1.165, 1.54) is 0 Å². The predicted octanol–water partition coefficient (Wildman–Crippen LogP) is 2.91. The van der Waals surface area contributed by atoms with Crippen LogP contribution in [0, 0.1) is 0 Å². The highest BCUT2D eigenvalue weighted by Gasteiger charge is 1.98. The quantitative estimate of drug-likeness (QED) is 0.881. The lowest BCUT2D eigenvalue weighted by Crippen LogP contribution is -1.95. The van der Waals surface area contributed by atoms with Crippen molar-refractivity contribution in [3.8, 4) is 5.75 Å². The summed E-state index contributed by atoms with van der Waals surface area (Å²) >= 11 is 0. The lowest BCUT2D eigenvalue weighted by Gasteiger charge is -2.04. The third kappa shape index (κ3) is 4.47. The van der Waals surface area contributed by atoms with Crippen LogP contribution in [0.2, 0.25) is 0 Å². The maximum atomic E-state index is 5.60. The van der Waals surface area contributed by atoms with E-state index in [0.717, 1.165) is 23.5 Å². The van der Waals surface area contributed by atoms with E-state index in [2.05, 4.69) is 12.0 Å². The van der Waals surface area contributed by atoms with Gasteiger partial charge in [-0.15, -0.1) is 24.8 Å². The lowest BCUT2D eigenvalue weighted by atomic mass is 10.3. The van der Waals surface area contributed by atoms with Crippen LogP contribution in [0.15, 0.2) is 36.7 Å². The molecule has 0 spiro atoms. The fourth-order valence-corrected chi connectivity index (χ4v) is 1.38. The Morgan fingerprint density at radius 3 is 2.44 bits per heavy atom. The number of anilines is 1. The Morgan fingerprint density at radius 2 is 1.89 bits per heavy atom. The highest BCUT2D eigenvalue weighted by atomic mass is 35.5. The Bertz CT molecular complexity index is 457. The van der Waals surface area contributed by atoms with Gasteiger partial charge in [-0.3, -0.25) is 4.68 Å². The van der Waals surface area contributed by atoms with Gasteiger partial charge in [-0.05, 0) is 31.2 Å². The molecule has 0 atom stereocenters. The van der Waals surface area contributed by atoms with E-state index in [0.29, 0.717) is 6.61 Å². The van der Waals surface area contributed by atoms with Crippen molar-refractivity contribution in [3.63, 3.8) is 0 Å². The van der Waals surface area contributed by atoms with Crippen LogP contribution in [-0.2, 0) is 13.2 Å². The number of rotatable bonds is 4. The number of nitrogens with two attached hydrogens (primary N) is 1. The van der Waals surface area contributed by atoms with Crippen LogP contribution < -0.4 is 10.5 Å². The third-order valence-electron chi connectivity index (χ3n) is 2.30. The zero-order valence-corrected chi connectivity index (χ0v) is 11.7. The summed E-state index contributed by atoms with van der Waals surface area (Å²) in [6.45, 7) is 3.46. The number of hydrogen-bond acceptors (Lipinski definition) is 3. The van der Waals surface area contributed by atoms with E-state index >= 15 is 0 Å². The molecule has 0 bridgehead atoms. The first-order chi connectivity index (χ1) is 7.78. The number of aromatic nitrogens is 2. The molecule has 1 heterocycles. The van der Waals surface area contributed by atoms with Gasteiger partial charge in [-0.25, -0.2) is 0 Å². The second kappa shape index (κ2) is 7.84. The van der Waals surface area contributed by atoms with Crippen molar-refractivity contribution in [2.75, 3.05) is 5.73 Å². The topological polar surface area (TPSA) is 53.1 Å². The van der Waals surface area contributed by atoms with Crippen molar-refractivity contribution in [3.05, 3.63) is 42.2 Å². The molecule has 0 aliphatic rings. The van der Waals surface area contributed by atoms with E-state index in [-0.39, 0.29) is 24.8 Å². The standard InChI is InChI=1S/C12H15N3O.2ClH/c1-2-15-8-10(7-14-15)9-16-12-5-3-11(13)4-6-12;;/h3-8H,2,9,13H2,1H3;2*1H. The molecule has 2 N–H and O–H groups in total. The minimum Gasteiger partial charge on any atom is -0.489 e. The Kier molecular flexibility index (Phi) is 7.24. The Hall–Kier alpha value is -1.39. The summed E-state index contributed by atoms with van der Waals surface area (Å²) < 4.78 is 7.47. The largest absolute Gasteiger partial charge is 0.489 e. The van der Waals surface area contributed by atoms with Crippen LogP contribution >= 0.6 is 24.8 Å². The average molecular weight is 290 g/mol. The Balaban J connectivity index is 0.00000144. The molecule has 0 saturated heterocycles. The number of nitrogen functional groups attached to an aromatic ring is 1. The van der Waals surface area contributed by atoms with E-state index < -0.39 is 0 Å². The van der Waals surface area contributed by atoms with E-state index in [4.69, 9.17) is 10.5 Å². The molecule has 2 aromatic rings. The number of halogens is 2. The van der Waals surface area contributed by atoms with E-state index in [1.54, 1.807) is 0 Å². The normalized spacial score (nSPS) is 9.17. The molecule has 0 radical (unpaired) electrons. The Labute approximate surface area is 119 Å². The number of hydrogen-bond donors (Lipinski definition) is 1. The molecule has 100 valence electrons. The van der Waals surface area contributed by atoms with Gasteiger partial charge in [0.2, 0.25) is 0 Å². The van der Waals surface area contributed by atoms with Crippen LogP contribution in [0.1, 0.15) is 12.5 Å². The highest BCUT2D eigenvalue weighted by molar-refractivity contribution is 5.85. The minimum absolute atomic E-state index is 0. The van der Waals surface area contributed by atoms with Gasteiger partial charge >= 0.3 is 0 Å². The van der Waals surface area contributed by atoms with E-state index in [9.17, 15) is 0 Å². The number of nitrogens with zero attached hydrogens (tertiary/aromatic N) is 2. The fraction of sp³-hybridized carbons (Fsp3) is 0.250. The molecule has 6 heteroatoms. The predicted molar refractivity (Wildman–Crippen MR) is 77.6 cm³/mol. The first-order valence-electron chi connectivity index (χ1n) is 5.27. The summed E-state index contributed by atoms with van der Waals surface area (Å²) in [6.07, 6.45) is 3.80. The first-order valence-corrected chi connectivity index (χ1v) is 5.27. The van der Waals surface area contributed by atoms with Gasteiger partial charge in [0.05, 0.1) is 6.20 Å². The van der Waals surface area contributed by atoms with Crippen molar-refractivity contribution in [1.82, 2.24) is 9.78 Å². The number of aryl methyl sites for hydroxylation is 1. The lowest BCUT2D eigenvalue weighted by molar-refractivity contribution is 0.306. The SMILES string of the molecule is CCn1cc(COc2ccc(N)cc2)cn1.Cl.Cl. The molecule has 0 aliphatic heterocycles. The summed E-state index contributed by atoms with van der Waals surface area (Å²) in [5.74, 6) is 0.818. The zero-order chi connectivity index (χ0) is 11.4. The summed E-state index contributed by atoms with van der Waals surface area (Å²) in [5.41, 5.74) is 7.40. The molecule has 0 unspecified atom stereocenters. The molecule has 18 heavy (non-hydrogen) atoms. The van der Waals surface area contributed by atoms with Crippen LogP contribution in [0.4, 0.5) is 5.69 Å². The first kappa shape index (κ1) is 16.6. The number of benzene rings is 1. The molecule has 4 nitrogen and oxygen atoms in total. The summed E-state index contributed by atoms with van der Waals surface area (Å²) in [5, 5.41) is 4.18. The van der Waals surface area contributed by atoms with Crippen molar-refractivity contribution in [1.29, 1.82) is 0 Å². The van der Waals surface area contributed by atoms with Crippen molar-refractivity contribution in [2.24, 2.45) is 0 Å². The van der Waals surface area contributed by atoms with E-state index in [1.807, 2.05) is 41.3 Å². The van der Waals surface area contributed by atoms with Crippen molar-refractivity contribution in [2.45, 2.75) is 20.1 Å². The second-order valence-electron chi connectivity index (χ2n) is 3.56. The summed E-state index contributed by atoms with van der Waals surface area (Å²) in [7, 11) is 0. The van der Waals surface area contributed by atoms with Gasteiger partial charge in [0.1, 0.15) is 12.4 Å². The molecular weight excluding hydrogens is 273 g/mol. The van der Waals surface area contributed by atoms with Crippen LogP contribution in [0.5, 0.6) is 5.75 Å². The molecular formula is C12H17Cl2N3O. The van der Waals surface area contributed by atoms with Gasteiger partial charge in [-0.2, -0.15) is 5.10 Å². The molecule has 2 rings (SSSR count). The highest BCUT2D eigenvalue weighted by Crippen LogP contribution is 2.14. The molecule has 1 aromatic carbocycles. The maximum Gasteiger partial charge on any atom is 0.119 e. The molecule has 0 aliphatic carbocycles. The molecule has 0 saturated carbocycles. The molecule has 0 amide bonds. The zero-order valence-electron chi connectivity index (χ0n) is 10.1. The minimum atomic E-state index is 0. The van der Waals surface area contributed by atoms with Gasteiger partial charge in [0.15, 0.2) is 0 Å². The fourth-order valence-electron chi connectivity index (χ4n) is 1.38. The molecule has 1 aromatic heterocycles. The van der Waals surface area contributed by atoms with Crippen LogP contribution in [-0.4, -0.2) is 9.78 Å². The van der Waals surface area contributed by atoms with Crippen molar-refractivity contribution < 1.29 is 4.74 Å². The average Bonchev–Trinajstić information content (AvgIpc) is 2.76. The smallest absolute Gasteiger partial charge is 0.119 e. The van der Waals surface area contributed by atoms with Gasteiger partial charge in [0, 0.05) is 24.0 Å². The van der Waals surface area contributed by atoms with Crippen molar-refractivity contribution >= 4 is 30.5 Å². The monoisotopic (exact) mass is 289 g/mol. The third-order valence-corrected chi connectivity index (χ3v) is 2.30.